The Kier molecular flexibility index (Phi) is 4.03. The molecule has 0 aliphatic heterocycles. The first kappa shape index (κ1) is 10.9. The zero-order chi connectivity index (χ0) is 9.07. The normalized spacial score (nSPS) is 17.8. The van der Waals surface area contributed by atoms with Crippen molar-refractivity contribution < 1.29 is 8.42 Å². The highest BCUT2D eigenvalue weighted by molar-refractivity contribution is 7.92. The fraction of sp³-hybridized carbons (Fsp3) is 1.00. The van der Waals surface area contributed by atoms with Gasteiger partial charge in [0.25, 0.3) is 0 Å². The topological polar surface area (TPSA) is 46.2 Å². The molecule has 0 aromatic heterocycles. The summed E-state index contributed by atoms with van der Waals surface area (Å²) in [6.07, 6.45) is 0. The van der Waals surface area contributed by atoms with Crippen LogP contribution in [0.15, 0.2) is 0 Å². The van der Waals surface area contributed by atoms with Gasteiger partial charge < -0.3 is 5.32 Å². The zero-order valence-electron chi connectivity index (χ0n) is 7.59. The lowest BCUT2D eigenvalue weighted by molar-refractivity contribution is 0.540. The summed E-state index contributed by atoms with van der Waals surface area (Å²) >= 11 is 0. The van der Waals surface area contributed by atoms with E-state index in [0.29, 0.717) is 0 Å². The van der Waals surface area contributed by atoms with Gasteiger partial charge in [-0.1, -0.05) is 6.92 Å². The quantitative estimate of drug-likeness (QED) is 0.680. The van der Waals surface area contributed by atoms with E-state index in [1.165, 1.54) is 0 Å². The molecule has 2 unspecified atom stereocenters. The fourth-order valence-corrected chi connectivity index (χ4v) is 2.09. The van der Waals surface area contributed by atoms with Crippen LogP contribution in [0, 0.1) is 0 Å². The summed E-state index contributed by atoms with van der Waals surface area (Å²) in [5.41, 5.74) is 0. The van der Waals surface area contributed by atoms with Crippen molar-refractivity contribution in [2.24, 2.45) is 0 Å². The molecule has 0 bridgehead atoms. The third-order valence-electron chi connectivity index (χ3n) is 2.13. The molecule has 0 rings (SSSR count). The molecule has 2 atom stereocenters. The Labute approximate surface area is 69.1 Å². The Balaban J connectivity index is 4.36. The average molecular weight is 179 g/mol. The summed E-state index contributed by atoms with van der Waals surface area (Å²) < 4.78 is 22.5. The van der Waals surface area contributed by atoms with Gasteiger partial charge in [-0.05, 0) is 20.9 Å². The second kappa shape index (κ2) is 4.07. The molecule has 0 saturated carbocycles. The highest BCUT2D eigenvalue weighted by Crippen LogP contribution is 2.05. The van der Waals surface area contributed by atoms with E-state index in [4.69, 9.17) is 0 Å². The Morgan fingerprint density at radius 1 is 1.36 bits per heavy atom. The third kappa shape index (κ3) is 2.79. The van der Waals surface area contributed by atoms with E-state index in [1.54, 1.807) is 20.9 Å². The molecular weight excluding hydrogens is 162 g/mol. The predicted octanol–water partition coefficient (Wildman–Crippen LogP) is 0.418. The Morgan fingerprint density at radius 3 is 2.09 bits per heavy atom. The van der Waals surface area contributed by atoms with E-state index < -0.39 is 9.84 Å². The number of nitrogens with one attached hydrogen (secondary N) is 1. The third-order valence-corrected chi connectivity index (χ3v) is 4.47. The molecule has 0 heterocycles. The highest BCUT2D eigenvalue weighted by Gasteiger charge is 2.23. The average Bonchev–Trinajstić information content (AvgIpc) is 2.01. The maximum Gasteiger partial charge on any atom is 0.154 e. The molecule has 1 N–H and O–H groups in total. The standard InChI is InChI=1S/C7H17NO2S/c1-5-11(9,10)7(3)6(2)8-4/h6-8H,5H2,1-4H3. The fourth-order valence-electron chi connectivity index (χ4n) is 0.809. The molecule has 0 radical (unpaired) electrons. The summed E-state index contributed by atoms with van der Waals surface area (Å²) in [6, 6.07) is 0.0277. The Morgan fingerprint density at radius 2 is 1.82 bits per heavy atom. The van der Waals surface area contributed by atoms with E-state index in [2.05, 4.69) is 5.32 Å². The SMILES string of the molecule is CCS(=O)(=O)C(C)C(C)NC. The maximum atomic E-state index is 11.3. The minimum absolute atomic E-state index is 0.0277. The van der Waals surface area contributed by atoms with Crippen LogP contribution in [0.1, 0.15) is 20.8 Å². The first-order chi connectivity index (χ1) is 4.95. The highest BCUT2D eigenvalue weighted by atomic mass is 32.2. The number of hydrogen-bond donors (Lipinski definition) is 1. The van der Waals surface area contributed by atoms with Gasteiger partial charge in [-0.3, -0.25) is 0 Å². The first-order valence-electron chi connectivity index (χ1n) is 3.84. The molecule has 4 heteroatoms. The van der Waals surface area contributed by atoms with E-state index >= 15 is 0 Å². The van der Waals surface area contributed by atoms with Crippen LogP contribution in [0.4, 0.5) is 0 Å². The van der Waals surface area contributed by atoms with Gasteiger partial charge in [0.2, 0.25) is 0 Å². The molecule has 0 saturated heterocycles. The summed E-state index contributed by atoms with van der Waals surface area (Å²) in [4.78, 5) is 0. The largest absolute Gasteiger partial charge is 0.316 e. The van der Waals surface area contributed by atoms with Crippen molar-refractivity contribution in [2.45, 2.75) is 32.1 Å². The molecule has 0 aliphatic rings. The van der Waals surface area contributed by atoms with Crippen molar-refractivity contribution in [3.8, 4) is 0 Å². The number of hydrogen-bond acceptors (Lipinski definition) is 3. The van der Waals surface area contributed by atoms with E-state index in [1.807, 2.05) is 6.92 Å². The van der Waals surface area contributed by atoms with Gasteiger partial charge in [0.05, 0.1) is 5.25 Å². The lowest BCUT2D eigenvalue weighted by atomic mass is 10.3. The monoisotopic (exact) mass is 179 g/mol. The molecule has 0 aromatic rings. The van der Waals surface area contributed by atoms with Crippen LogP contribution < -0.4 is 5.32 Å². The van der Waals surface area contributed by atoms with Gasteiger partial charge >= 0.3 is 0 Å². The maximum absolute atomic E-state index is 11.3. The van der Waals surface area contributed by atoms with E-state index in [9.17, 15) is 8.42 Å². The number of rotatable bonds is 4. The second-order valence-electron chi connectivity index (χ2n) is 2.73. The molecule has 0 aliphatic carbocycles. The Hall–Kier alpha value is -0.0900. The minimum atomic E-state index is -2.87. The molecule has 0 spiro atoms. The smallest absolute Gasteiger partial charge is 0.154 e. The minimum Gasteiger partial charge on any atom is -0.316 e. The van der Waals surface area contributed by atoms with Crippen LogP contribution in [0.5, 0.6) is 0 Å². The van der Waals surface area contributed by atoms with Crippen molar-refractivity contribution in [1.29, 1.82) is 0 Å². The molecule has 0 fully saturated rings. The van der Waals surface area contributed by atoms with Gasteiger partial charge in [-0.25, -0.2) is 8.42 Å². The second-order valence-corrected chi connectivity index (χ2v) is 5.38. The molecule has 11 heavy (non-hydrogen) atoms. The van der Waals surface area contributed by atoms with Crippen molar-refractivity contribution in [3.05, 3.63) is 0 Å². The van der Waals surface area contributed by atoms with Gasteiger partial charge in [0.15, 0.2) is 9.84 Å². The van der Waals surface area contributed by atoms with Crippen molar-refractivity contribution >= 4 is 9.84 Å². The van der Waals surface area contributed by atoms with E-state index in [0.717, 1.165) is 0 Å². The predicted molar refractivity (Wildman–Crippen MR) is 47.4 cm³/mol. The van der Waals surface area contributed by atoms with Gasteiger partial charge in [-0.2, -0.15) is 0 Å². The van der Waals surface area contributed by atoms with Gasteiger partial charge in [-0.15, -0.1) is 0 Å². The zero-order valence-corrected chi connectivity index (χ0v) is 8.40. The molecule has 0 aromatic carbocycles. The van der Waals surface area contributed by atoms with Crippen LogP contribution in [0.25, 0.3) is 0 Å². The van der Waals surface area contributed by atoms with Crippen LogP contribution >= 0.6 is 0 Å². The first-order valence-corrected chi connectivity index (χ1v) is 5.56. The van der Waals surface area contributed by atoms with Gasteiger partial charge in [0.1, 0.15) is 0 Å². The lowest BCUT2D eigenvalue weighted by Crippen LogP contribution is -2.38. The lowest BCUT2D eigenvalue weighted by Gasteiger charge is -2.18. The van der Waals surface area contributed by atoms with Gasteiger partial charge in [0, 0.05) is 11.8 Å². The summed E-state index contributed by atoms with van der Waals surface area (Å²) in [5.74, 6) is 0.222. The van der Waals surface area contributed by atoms with Crippen LogP contribution in [0.2, 0.25) is 0 Å². The van der Waals surface area contributed by atoms with Crippen molar-refractivity contribution in [3.63, 3.8) is 0 Å². The van der Waals surface area contributed by atoms with Crippen LogP contribution in [-0.4, -0.2) is 32.5 Å². The van der Waals surface area contributed by atoms with Crippen LogP contribution in [0.3, 0.4) is 0 Å². The number of sulfone groups is 1. The molecular formula is C7H17NO2S. The van der Waals surface area contributed by atoms with Crippen LogP contribution in [-0.2, 0) is 9.84 Å². The van der Waals surface area contributed by atoms with Crippen molar-refractivity contribution in [2.75, 3.05) is 12.8 Å². The molecule has 68 valence electrons. The Bertz CT molecular complexity index is 198. The van der Waals surface area contributed by atoms with E-state index in [-0.39, 0.29) is 17.0 Å². The molecule has 0 amide bonds. The summed E-state index contributed by atoms with van der Waals surface area (Å²) in [6.45, 7) is 5.28. The van der Waals surface area contributed by atoms with Crippen molar-refractivity contribution in [1.82, 2.24) is 5.32 Å². The summed E-state index contributed by atoms with van der Waals surface area (Å²) in [7, 11) is -1.10. The molecule has 3 nitrogen and oxygen atoms in total. The summed E-state index contributed by atoms with van der Waals surface area (Å²) in [5, 5.41) is 2.63.